The van der Waals surface area contributed by atoms with E-state index in [4.69, 9.17) is 9.47 Å². The summed E-state index contributed by atoms with van der Waals surface area (Å²) in [5.74, 6) is 0.857. The molecule has 5 heteroatoms. The first-order chi connectivity index (χ1) is 9.90. The molecule has 0 spiro atoms. The minimum absolute atomic E-state index is 0. The van der Waals surface area contributed by atoms with Gasteiger partial charge in [0.25, 0.3) is 0 Å². The highest BCUT2D eigenvalue weighted by Gasteiger charge is 2.31. The Balaban J connectivity index is 0.00000242. The summed E-state index contributed by atoms with van der Waals surface area (Å²) in [6, 6.07) is 6.00. The number of nitrogens with zero attached hydrogens (tertiary/aromatic N) is 1. The normalized spacial score (nSPS) is 19.3. The number of ether oxygens (including phenoxy) is 2. The number of hydrogen-bond donors (Lipinski definition) is 1. The van der Waals surface area contributed by atoms with Crippen molar-refractivity contribution in [3.63, 3.8) is 0 Å². The van der Waals surface area contributed by atoms with Crippen molar-refractivity contribution in [3.05, 3.63) is 29.3 Å². The third-order valence-corrected chi connectivity index (χ3v) is 4.23. The van der Waals surface area contributed by atoms with E-state index in [0.29, 0.717) is 19.8 Å². The van der Waals surface area contributed by atoms with Gasteiger partial charge in [-0.25, -0.2) is 0 Å². The average Bonchev–Trinajstić information content (AvgIpc) is 2.43. The quantitative estimate of drug-likeness (QED) is 0.901. The fraction of sp³-hybridized carbons (Fsp3) is 0.647. The van der Waals surface area contributed by atoms with E-state index in [0.717, 1.165) is 24.5 Å². The summed E-state index contributed by atoms with van der Waals surface area (Å²) in [7, 11) is 0. The van der Waals surface area contributed by atoms with Gasteiger partial charge in [0.05, 0.1) is 13.2 Å². The van der Waals surface area contributed by atoms with Crippen LogP contribution in [0.5, 0.6) is 5.75 Å². The van der Waals surface area contributed by atoms with Crippen LogP contribution < -0.4 is 4.74 Å². The second kappa shape index (κ2) is 8.16. The number of aryl methyl sites for hydroxylation is 1. The maximum Gasteiger partial charge on any atom is 0.122 e. The predicted octanol–water partition coefficient (Wildman–Crippen LogP) is 2.58. The van der Waals surface area contributed by atoms with Gasteiger partial charge in [-0.05, 0) is 44.9 Å². The zero-order valence-corrected chi connectivity index (χ0v) is 14.8. The van der Waals surface area contributed by atoms with Crippen molar-refractivity contribution in [2.75, 3.05) is 32.9 Å². The molecule has 1 aromatic rings. The zero-order valence-electron chi connectivity index (χ0n) is 14.0. The molecule has 1 saturated heterocycles. The molecule has 4 nitrogen and oxygen atoms in total. The minimum atomic E-state index is -0.498. The van der Waals surface area contributed by atoms with Crippen LogP contribution in [0, 0.1) is 13.8 Å². The monoisotopic (exact) mass is 329 g/mol. The van der Waals surface area contributed by atoms with Crippen molar-refractivity contribution in [2.45, 2.75) is 39.3 Å². The lowest BCUT2D eigenvalue weighted by atomic mass is 10.0. The van der Waals surface area contributed by atoms with Crippen molar-refractivity contribution in [1.82, 2.24) is 4.90 Å². The van der Waals surface area contributed by atoms with E-state index in [1.165, 1.54) is 5.56 Å². The van der Waals surface area contributed by atoms with Crippen LogP contribution in [-0.2, 0) is 4.74 Å². The fourth-order valence-electron chi connectivity index (χ4n) is 2.60. The predicted molar refractivity (Wildman–Crippen MR) is 91.1 cm³/mol. The van der Waals surface area contributed by atoms with E-state index in [2.05, 4.69) is 31.7 Å². The highest BCUT2D eigenvalue weighted by Crippen LogP contribution is 2.22. The van der Waals surface area contributed by atoms with Crippen LogP contribution in [0.1, 0.15) is 25.0 Å². The Kier molecular flexibility index (Phi) is 7.13. The third-order valence-electron chi connectivity index (χ3n) is 4.23. The molecule has 0 radical (unpaired) electrons. The number of β-amino-alcohol motifs (C(OH)–C–C–N with tert-alkyl or cyclic N) is 1. The van der Waals surface area contributed by atoms with Crippen LogP contribution in [0.25, 0.3) is 0 Å². The van der Waals surface area contributed by atoms with Crippen LogP contribution in [0.4, 0.5) is 0 Å². The lowest BCUT2D eigenvalue weighted by Gasteiger charge is -2.42. The summed E-state index contributed by atoms with van der Waals surface area (Å²) in [5.41, 5.74) is 2.31. The summed E-state index contributed by atoms with van der Waals surface area (Å²) in [6.07, 6.45) is -0.498. The molecule has 22 heavy (non-hydrogen) atoms. The maximum absolute atomic E-state index is 10.2. The molecule has 0 aliphatic carbocycles. The van der Waals surface area contributed by atoms with E-state index in [-0.39, 0.29) is 17.9 Å². The summed E-state index contributed by atoms with van der Waals surface area (Å²) < 4.78 is 11.3. The van der Waals surface area contributed by atoms with Gasteiger partial charge in [0.1, 0.15) is 18.5 Å². The molecule has 126 valence electrons. The van der Waals surface area contributed by atoms with Gasteiger partial charge in [-0.1, -0.05) is 12.1 Å². The lowest BCUT2D eigenvalue weighted by Crippen LogP contribution is -2.55. The Hall–Kier alpha value is -0.810. The van der Waals surface area contributed by atoms with E-state index < -0.39 is 6.10 Å². The fourth-order valence-corrected chi connectivity index (χ4v) is 2.60. The van der Waals surface area contributed by atoms with Crippen LogP contribution in [0.2, 0.25) is 0 Å². The topological polar surface area (TPSA) is 41.9 Å². The summed E-state index contributed by atoms with van der Waals surface area (Å²) in [6.45, 7) is 11.6. The number of morpholine rings is 1. The van der Waals surface area contributed by atoms with Crippen molar-refractivity contribution in [1.29, 1.82) is 0 Å². The molecule has 0 aromatic heterocycles. The minimum Gasteiger partial charge on any atom is -0.491 e. The number of halogens is 1. The lowest BCUT2D eigenvalue weighted by molar-refractivity contribution is -0.0703. The smallest absolute Gasteiger partial charge is 0.122 e. The molecule has 1 aromatic carbocycles. The van der Waals surface area contributed by atoms with Crippen molar-refractivity contribution < 1.29 is 14.6 Å². The van der Waals surface area contributed by atoms with Crippen LogP contribution in [-0.4, -0.2) is 54.6 Å². The second-order valence-corrected chi connectivity index (χ2v) is 6.47. The van der Waals surface area contributed by atoms with Crippen LogP contribution in [0.15, 0.2) is 18.2 Å². The molecule has 1 aliphatic heterocycles. The van der Waals surface area contributed by atoms with E-state index >= 15 is 0 Å². The standard InChI is InChI=1S/C17H27NO3.ClH/c1-13-6-5-7-16(14(13)2)21-11-15(19)10-18-8-9-20-12-17(18,3)4;/h5-7,15,19H,8-12H2,1-4H3;1H. The number of benzene rings is 1. The van der Waals surface area contributed by atoms with Gasteiger partial charge in [0.15, 0.2) is 0 Å². The van der Waals surface area contributed by atoms with Gasteiger partial charge >= 0.3 is 0 Å². The summed E-state index contributed by atoms with van der Waals surface area (Å²) in [4.78, 5) is 2.27. The molecule has 1 aliphatic rings. The Morgan fingerprint density at radius 1 is 1.36 bits per heavy atom. The first-order valence-electron chi connectivity index (χ1n) is 7.60. The molecule has 0 bridgehead atoms. The first kappa shape index (κ1) is 19.2. The highest BCUT2D eigenvalue weighted by atomic mass is 35.5. The molecule has 1 N–H and O–H groups in total. The number of rotatable bonds is 5. The third kappa shape index (κ3) is 4.85. The van der Waals surface area contributed by atoms with Gasteiger partial charge in [-0.3, -0.25) is 4.90 Å². The Labute approximate surface area is 139 Å². The average molecular weight is 330 g/mol. The van der Waals surface area contributed by atoms with Crippen molar-refractivity contribution in [3.8, 4) is 5.75 Å². The van der Waals surface area contributed by atoms with E-state index in [1.54, 1.807) is 0 Å². The number of aliphatic hydroxyl groups is 1. The molecular formula is C17H28ClNO3. The molecule has 0 amide bonds. The molecule has 1 fully saturated rings. The number of aliphatic hydroxyl groups excluding tert-OH is 1. The number of hydrogen-bond acceptors (Lipinski definition) is 4. The molecule has 2 rings (SSSR count). The van der Waals surface area contributed by atoms with E-state index in [9.17, 15) is 5.11 Å². The Bertz CT molecular complexity index is 479. The molecule has 1 unspecified atom stereocenters. The van der Waals surface area contributed by atoms with E-state index in [1.807, 2.05) is 19.1 Å². The van der Waals surface area contributed by atoms with Crippen molar-refractivity contribution >= 4 is 12.4 Å². The largest absolute Gasteiger partial charge is 0.491 e. The van der Waals surface area contributed by atoms with Gasteiger partial charge in [-0.15, -0.1) is 12.4 Å². The SMILES string of the molecule is Cc1cccc(OCC(O)CN2CCOCC2(C)C)c1C.Cl. The van der Waals surface area contributed by atoms with Gasteiger partial charge in [0.2, 0.25) is 0 Å². The van der Waals surface area contributed by atoms with Crippen LogP contribution in [0.3, 0.4) is 0 Å². The zero-order chi connectivity index (χ0) is 15.5. The molecular weight excluding hydrogens is 302 g/mol. The molecule has 0 saturated carbocycles. The Morgan fingerprint density at radius 2 is 2.09 bits per heavy atom. The highest BCUT2D eigenvalue weighted by molar-refractivity contribution is 5.85. The van der Waals surface area contributed by atoms with Crippen LogP contribution >= 0.6 is 12.4 Å². The van der Waals surface area contributed by atoms with Gasteiger partial charge < -0.3 is 14.6 Å². The van der Waals surface area contributed by atoms with Crippen molar-refractivity contribution in [2.24, 2.45) is 0 Å². The molecule has 1 heterocycles. The maximum atomic E-state index is 10.2. The second-order valence-electron chi connectivity index (χ2n) is 6.47. The molecule has 1 atom stereocenters. The van der Waals surface area contributed by atoms with Gasteiger partial charge in [-0.2, -0.15) is 0 Å². The first-order valence-corrected chi connectivity index (χ1v) is 7.60. The summed E-state index contributed by atoms with van der Waals surface area (Å²) >= 11 is 0. The Morgan fingerprint density at radius 3 is 2.77 bits per heavy atom. The van der Waals surface area contributed by atoms with Gasteiger partial charge in [0, 0.05) is 18.6 Å². The summed E-state index contributed by atoms with van der Waals surface area (Å²) in [5, 5.41) is 10.2.